The fourth-order valence-corrected chi connectivity index (χ4v) is 4.56. The van der Waals surface area contributed by atoms with E-state index in [1.807, 2.05) is 0 Å². The fraction of sp³-hybridized carbons (Fsp3) is 0.750. The fourth-order valence-electron chi connectivity index (χ4n) is 2.43. The minimum absolute atomic E-state index is 0.0878. The summed E-state index contributed by atoms with van der Waals surface area (Å²) in [7, 11) is -3.57. The number of rotatable bonds is 2. The van der Waals surface area contributed by atoms with Crippen LogP contribution in [-0.4, -0.2) is 59.0 Å². The predicted octanol–water partition coefficient (Wildman–Crippen LogP) is -0.226. The molecular formula is C12H19NO7S. The zero-order chi connectivity index (χ0) is 16.6. The molecule has 2 aliphatic rings. The van der Waals surface area contributed by atoms with Gasteiger partial charge in [-0.3, -0.25) is 9.59 Å². The highest BCUT2D eigenvalue weighted by molar-refractivity contribution is 7.93. The number of carbonyl (C=O) groups is 3. The molecule has 2 rings (SSSR count). The maximum atomic E-state index is 11.9. The first-order chi connectivity index (χ1) is 9.48. The summed E-state index contributed by atoms with van der Waals surface area (Å²) in [5.74, 6) is -1.88. The number of hydrogen-bond acceptors (Lipinski definition) is 6. The van der Waals surface area contributed by atoms with E-state index in [2.05, 4.69) is 4.74 Å². The van der Waals surface area contributed by atoms with Crippen LogP contribution in [0, 0.1) is 0 Å². The molecule has 2 atom stereocenters. The second kappa shape index (κ2) is 5.63. The van der Waals surface area contributed by atoms with Crippen LogP contribution in [0.25, 0.3) is 0 Å². The average Bonchev–Trinajstić information content (AvgIpc) is 2.43. The van der Waals surface area contributed by atoms with Crippen molar-refractivity contribution in [1.82, 2.24) is 4.90 Å². The lowest BCUT2D eigenvalue weighted by Gasteiger charge is -2.35. The standard InChI is InChI=1S/C8H11NO5S.C4H8O2/c1-8(2)6(7(11)12)9-4(10)3-5(9)15(8,13)14;1-3-6-4(2)5/h5-6H,3H2,1-2H3,(H,11,12);3H2,1-2H3/t5-,6+;/m1./s1. The maximum absolute atomic E-state index is 11.9. The van der Waals surface area contributed by atoms with Crippen LogP contribution in [-0.2, 0) is 29.0 Å². The molecule has 1 amide bonds. The Morgan fingerprint density at radius 2 is 1.95 bits per heavy atom. The highest BCUT2D eigenvalue weighted by atomic mass is 32.2. The molecule has 2 saturated heterocycles. The number of carboxylic acid groups (broad SMARTS) is 1. The molecule has 2 fully saturated rings. The van der Waals surface area contributed by atoms with Gasteiger partial charge in [0.2, 0.25) is 5.91 Å². The Labute approximate surface area is 123 Å². The van der Waals surface area contributed by atoms with E-state index in [0.29, 0.717) is 6.61 Å². The molecule has 21 heavy (non-hydrogen) atoms. The van der Waals surface area contributed by atoms with E-state index >= 15 is 0 Å². The SMILES string of the molecule is CC1(C)[C@H](C(=O)O)N2C(=O)C[C@H]2S1(=O)=O.CCOC(C)=O. The number of amides is 1. The molecule has 120 valence electrons. The normalized spacial score (nSPS) is 27.8. The van der Waals surface area contributed by atoms with Crippen molar-refractivity contribution in [3.05, 3.63) is 0 Å². The first-order valence-corrected chi connectivity index (χ1v) is 7.93. The van der Waals surface area contributed by atoms with Gasteiger partial charge in [0.05, 0.1) is 17.8 Å². The molecule has 0 spiro atoms. The third kappa shape index (κ3) is 2.74. The molecule has 0 aromatic rings. The van der Waals surface area contributed by atoms with E-state index in [0.717, 1.165) is 4.90 Å². The van der Waals surface area contributed by atoms with E-state index in [-0.39, 0.29) is 12.4 Å². The van der Waals surface area contributed by atoms with E-state index in [4.69, 9.17) is 5.11 Å². The van der Waals surface area contributed by atoms with E-state index in [1.54, 1.807) is 6.92 Å². The summed E-state index contributed by atoms with van der Waals surface area (Å²) in [5.41, 5.74) is 0. The minimum atomic E-state index is -3.57. The Bertz CT molecular complexity index is 566. The molecule has 0 aliphatic carbocycles. The third-order valence-corrected chi connectivity index (χ3v) is 6.36. The van der Waals surface area contributed by atoms with Crippen LogP contribution in [0.1, 0.15) is 34.1 Å². The first-order valence-electron chi connectivity index (χ1n) is 6.39. The van der Waals surface area contributed by atoms with Crippen LogP contribution in [0.4, 0.5) is 0 Å². The molecule has 0 radical (unpaired) electrons. The molecular weight excluding hydrogens is 302 g/mol. The van der Waals surface area contributed by atoms with E-state index in [1.165, 1.54) is 20.8 Å². The van der Waals surface area contributed by atoms with Crippen molar-refractivity contribution in [3.8, 4) is 0 Å². The number of hydrogen-bond donors (Lipinski definition) is 1. The number of carbonyl (C=O) groups excluding carboxylic acids is 2. The van der Waals surface area contributed by atoms with Crippen LogP contribution in [0.2, 0.25) is 0 Å². The van der Waals surface area contributed by atoms with Crippen molar-refractivity contribution in [1.29, 1.82) is 0 Å². The van der Waals surface area contributed by atoms with Crippen LogP contribution in [0.5, 0.6) is 0 Å². The monoisotopic (exact) mass is 321 g/mol. The van der Waals surface area contributed by atoms with Gasteiger partial charge in [-0.05, 0) is 20.8 Å². The molecule has 0 unspecified atom stereocenters. The number of aliphatic carboxylic acids is 1. The molecule has 0 saturated carbocycles. The second-order valence-electron chi connectivity index (χ2n) is 5.27. The van der Waals surface area contributed by atoms with Gasteiger partial charge < -0.3 is 14.7 Å². The first kappa shape index (κ1) is 17.4. The van der Waals surface area contributed by atoms with E-state index in [9.17, 15) is 22.8 Å². The van der Waals surface area contributed by atoms with Gasteiger partial charge in [0, 0.05) is 6.92 Å². The van der Waals surface area contributed by atoms with Gasteiger partial charge in [-0.1, -0.05) is 0 Å². The number of ether oxygens (including phenoxy) is 1. The smallest absolute Gasteiger partial charge is 0.328 e. The lowest BCUT2D eigenvalue weighted by Crippen LogP contribution is -2.57. The average molecular weight is 321 g/mol. The molecule has 0 bridgehead atoms. The quantitative estimate of drug-likeness (QED) is 0.551. The van der Waals surface area contributed by atoms with Crippen molar-refractivity contribution in [2.45, 2.75) is 50.3 Å². The Morgan fingerprint density at radius 1 is 1.43 bits per heavy atom. The summed E-state index contributed by atoms with van der Waals surface area (Å²) in [4.78, 5) is 33.0. The van der Waals surface area contributed by atoms with Crippen LogP contribution >= 0.6 is 0 Å². The lowest BCUT2D eigenvalue weighted by atomic mass is 9.98. The van der Waals surface area contributed by atoms with Gasteiger partial charge in [0.1, 0.15) is 11.4 Å². The van der Waals surface area contributed by atoms with Gasteiger partial charge in [-0.25, -0.2) is 13.2 Å². The van der Waals surface area contributed by atoms with Gasteiger partial charge in [0.15, 0.2) is 9.84 Å². The number of sulfone groups is 1. The number of β-lactam (4-membered cyclic amide) rings is 1. The summed E-state index contributed by atoms with van der Waals surface area (Å²) in [6.07, 6.45) is -0.0878. The number of fused-ring (bicyclic) bond motifs is 1. The molecule has 2 aliphatic heterocycles. The Kier molecular flexibility index (Phi) is 4.66. The van der Waals surface area contributed by atoms with Crippen molar-refractivity contribution in [3.63, 3.8) is 0 Å². The number of esters is 1. The Balaban J connectivity index is 0.000000315. The Morgan fingerprint density at radius 3 is 2.19 bits per heavy atom. The predicted molar refractivity (Wildman–Crippen MR) is 72.0 cm³/mol. The van der Waals surface area contributed by atoms with Crippen LogP contribution in [0.3, 0.4) is 0 Å². The van der Waals surface area contributed by atoms with Crippen LogP contribution < -0.4 is 0 Å². The van der Waals surface area contributed by atoms with Crippen molar-refractivity contribution in [2.24, 2.45) is 0 Å². The zero-order valence-corrected chi connectivity index (χ0v) is 13.1. The summed E-state index contributed by atoms with van der Waals surface area (Å²) in [5, 5.41) is 8.03. The summed E-state index contributed by atoms with van der Waals surface area (Å²) < 4.78 is 26.8. The Hall–Kier alpha value is -1.64. The summed E-state index contributed by atoms with van der Waals surface area (Å²) >= 11 is 0. The van der Waals surface area contributed by atoms with Crippen molar-refractivity contribution >= 4 is 27.7 Å². The molecule has 8 nitrogen and oxygen atoms in total. The van der Waals surface area contributed by atoms with Gasteiger partial charge in [-0.2, -0.15) is 0 Å². The zero-order valence-electron chi connectivity index (χ0n) is 12.3. The number of nitrogens with zero attached hydrogens (tertiary/aromatic N) is 1. The third-order valence-electron chi connectivity index (χ3n) is 3.56. The topological polar surface area (TPSA) is 118 Å². The summed E-state index contributed by atoms with van der Waals surface area (Å²) in [6.45, 7) is 6.36. The van der Waals surface area contributed by atoms with Crippen molar-refractivity contribution in [2.75, 3.05) is 6.61 Å². The molecule has 2 heterocycles. The maximum Gasteiger partial charge on any atom is 0.328 e. The molecule has 1 N–H and O–H groups in total. The molecule has 9 heteroatoms. The highest BCUT2D eigenvalue weighted by Crippen LogP contribution is 2.45. The second-order valence-corrected chi connectivity index (χ2v) is 7.96. The largest absolute Gasteiger partial charge is 0.480 e. The molecule has 0 aromatic heterocycles. The van der Waals surface area contributed by atoms with Gasteiger partial charge in [-0.15, -0.1) is 0 Å². The highest BCUT2D eigenvalue weighted by Gasteiger charge is 2.67. The molecule has 0 aromatic carbocycles. The van der Waals surface area contributed by atoms with E-state index < -0.39 is 37.9 Å². The number of carboxylic acids is 1. The minimum Gasteiger partial charge on any atom is -0.480 e. The van der Waals surface area contributed by atoms with Gasteiger partial charge in [0.25, 0.3) is 0 Å². The lowest BCUT2D eigenvalue weighted by molar-refractivity contribution is -0.157. The summed E-state index contributed by atoms with van der Waals surface area (Å²) in [6, 6.07) is -1.26. The van der Waals surface area contributed by atoms with Crippen molar-refractivity contribution < 1.29 is 32.6 Å². The van der Waals surface area contributed by atoms with Gasteiger partial charge >= 0.3 is 11.9 Å². The van der Waals surface area contributed by atoms with Crippen LogP contribution in [0.15, 0.2) is 0 Å².